The van der Waals surface area contributed by atoms with Crippen LogP contribution in [0.15, 0.2) is 48.5 Å². The van der Waals surface area contributed by atoms with Crippen LogP contribution in [0.25, 0.3) is 0 Å². The lowest BCUT2D eigenvalue weighted by molar-refractivity contribution is -0.116. The van der Waals surface area contributed by atoms with Crippen LogP contribution in [0.4, 0.5) is 17.1 Å². The minimum atomic E-state index is -0.152. The monoisotopic (exact) mass is 369 g/mol. The molecule has 0 spiro atoms. The summed E-state index contributed by atoms with van der Waals surface area (Å²) in [5.74, 6) is 1.09. The minimum absolute atomic E-state index is 0.0448. The molecule has 0 aromatic heterocycles. The molecule has 3 N–H and O–H groups in total. The summed E-state index contributed by atoms with van der Waals surface area (Å²) in [4.78, 5) is 23.4. The van der Waals surface area contributed by atoms with Gasteiger partial charge in [0.15, 0.2) is 0 Å². The van der Waals surface area contributed by atoms with Gasteiger partial charge in [-0.05, 0) is 54.4 Å². The van der Waals surface area contributed by atoms with Gasteiger partial charge in [-0.1, -0.05) is 20.8 Å². The molecule has 0 saturated carbocycles. The Morgan fingerprint density at radius 1 is 0.852 bits per heavy atom. The molecule has 2 rings (SSSR count). The van der Waals surface area contributed by atoms with Crippen molar-refractivity contribution in [3.05, 3.63) is 48.5 Å². The molecule has 0 bridgehead atoms. The highest BCUT2D eigenvalue weighted by Gasteiger charge is 2.04. The SMILES string of the molecule is CCC(=O)Nc1ccc(NC(=O)CNc2ccc(OCC(C)C)cc2)cc1. The summed E-state index contributed by atoms with van der Waals surface area (Å²) in [7, 11) is 0. The van der Waals surface area contributed by atoms with E-state index in [2.05, 4.69) is 29.8 Å². The van der Waals surface area contributed by atoms with Gasteiger partial charge < -0.3 is 20.7 Å². The largest absolute Gasteiger partial charge is 0.493 e. The maximum Gasteiger partial charge on any atom is 0.243 e. The highest BCUT2D eigenvalue weighted by Crippen LogP contribution is 2.17. The topological polar surface area (TPSA) is 79.5 Å². The van der Waals surface area contributed by atoms with E-state index in [1.165, 1.54) is 0 Å². The maximum atomic E-state index is 12.1. The first kappa shape index (κ1) is 20.3. The van der Waals surface area contributed by atoms with Gasteiger partial charge in [-0.25, -0.2) is 0 Å². The summed E-state index contributed by atoms with van der Waals surface area (Å²) < 4.78 is 5.63. The number of hydrogen-bond acceptors (Lipinski definition) is 4. The van der Waals surface area contributed by atoms with Crippen molar-refractivity contribution in [3.63, 3.8) is 0 Å². The number of anilines is 3. The summed E-state index contributed by atoms with van der Waals surface area (Å²) in [6.45, 7) is 6.83. The average molecular weight is 369 g/mol. The molecule has 6 nitrogen and oxygen atoms in total. The Morgan fingerprint density at radius 3 is 1.89 bits per heavy atom. The Hall–Kier alpha value is -3.02. The maximum absolute atomic E-state index is 12.1. The number of benzene rings is 2. The van der Waals surface area contributed by atoms with Crippen molar-refractivity contribution in [2.24, 2.45) is 5.92 Å². The van der Waals surface area contributed by atoms with Crippen molar-refractivity contribution in [1.29, 1.82) is 0 Å². The lowest BCUT2D eigenvalue weighted by atomic mass is 10.2. The molecular formula is C21H27N3O3. The van der Waals surface area contributed by atoms with Gasteiger partial charge in [0.05, 0.1) is 13.2 Å². The summed E-state index contributed by atoms with van der Waals surface area (Å²) in [6.07, 6.45) is 0.426. The zero-order valence-electron chi connectivity index (χ0n) is 16.0. The Balaban J connectivity index is 1.78. The molecule has 6 heteroatoms. The normalized spacial score (nSPS) is 10.4. The van der Waals surface area contributed by atoms with E-state index in [1.54, 1.807) is 31.2 Å². The summed E-state index contributed by atoms with van der Waals surface area (Å²) in [5.41, 5.74) is 2.23. The van der Waals surface area contributed by atoms with Gasteiger partial charge in [-0.2, -0.15) is 0 Å². The average Bonchev–Trinajstić information content (AvgIpc) is 2.67. The molecule has 0 aliphatic heterocycles. The van der Waals surface area contributed by atoms with E-state index in [9.17, 15) is 9.59 Å². The third-order valence-electron chi connectivity index (χ3n) is 3.66. The van der Waals surface area contributed by atoms with Crippen molar-refractivity contribution in [3.8, 4) is 5.75 Å². The van der Waals surface area contributed by atoms with Gasteiger partial charge in [-0.15, -0.1) is 0 Å². The van der Waals surface area contributed by atoms with Gasteiger partial charge in [-0.3, -0.25) is 9.59 Å². The van der Waals surface area contributed by atoms with Crippen molar-refractivity contribution in [2.75, 3.05) is 29.1 Å². The lowest BCUT2D eigenvalue weighted by Crippen LogP contribution is -2.21. The molecule has 0 saturated heterocycles. The van der Waals surface area contributed by atoms with Crippen molar-refractivity contribution < 1.29 is 14.3 Å². The summed E-state index contributed by atoms with van der Waals surface area (Å²) >= 11 is 0. The van der Waals surface area contributed by atoms with Crippen molar-refractivity contribution >= 4 is 28.9 Å². The van der Waals surface area contributed by atoms with E-state index in [1.807, 2.05) is 24.3 Å². The zero-order valence-corrected chi connectivity index (χ0v) is 16.0. The molecule has 0 unspecified atom stereocenters. The highest BCUT2D eigenvalue weighted by atomic mass is 16.5. The van der Waals surface area contributed by atoms with Crippen LogP contribution in [0.2, 0.25) is 0 Å². The molecule has 27 heavy (non-hydrogen) atoms. The molecule has 0 aliphatic rings. The molecular weight excluding hydrogens is 342 g/mol. The standard InChI is InChI=1S/C21H27N3O3/c1-4-20(25)23-17-5-7-18(8-6-17)24-21(26)13-22-16-9-11-19(12-10-16)27-14-15(2)3/h5-12,15,22H,4,13-14H2,1-3H3,(H,23,25)(H,24,26). The molecule has 2 aromatic carbocycles. The molecule has 2 amide bonds. The summed E-state index contributed by atoms with van der Waals surface area (Å²) in [6, 6.07) is 14.5. The third-order valence-corrected chi connectivity index (χ3v) is 3.66. The third kappa shape index (κ3) is 7.40. The quantitative estimate of drug-likeness (QED) is 0.621. The number of nitrogens with one attached hydrogen (secondary N) is 3. The number of carbonyl (C=O) groups excluding carboxylic acids is 2. The number of rotatable bonds is 9. The highest BCUT2D eigenvalue weighted by molar-refractivity contribution is 5.94. The van der Waals surface area contributed by atoms with Gasteiger partial charge >= 0.3 is 0 Å². The molecule has 144 valence electrons. The Morgan fingerprint density at radius 2 is 1.37 bits per heavy atom. The van der Waals surface area contributed by atoms with E-state index in [0.29, 0.717) is 30.3 Å². The van der Waals surface area contributed by atoms with Crippen LogP contribution in [0.3, 0.4) is 0 Å². The predicted octanol–water partition coefficient (Wildman–Crippen LogP) is 4.12. The fraction of sp³-hybridized carbons (Fsp3) is 0.333. The zero-order chi connectivity index (χ0) is 19.6. The molecule has 0 aliphatic carbocycles. The van der Waals surface area contributed by atoms with Crippen LogP contribution >= 0.6 is 0 Å². The molecule has 0 heterocycles. The van der Waals surface area contributed by atoms with Crippen molar-refractivity contribution in [1.82, 2.24) is 0 Å². The first-order chi connectivity index (χ1) is 13.0. The molecule has 0 radical (unpaired) electrons. The van der Waals surface area contributed by atoms with Crippen LogP contribution in [0.1, 0.15) is 27.2 Å². The Kier molecular flexibility index (Phi) is 7.67. The second-order valence-electron chi connectivity index (χ2n) is 6.61. The number of hydrogen-bond donors (Lipinski definition) is 3. The second kappa shape index (κ2) is 10.2. The van der Waals surface area contributed by atoms with E-state index in [4.69, 9.17) is 4.74 Å². The number of amides is 2. The van der Waals surface area contributed by atoms with Crippen LogP contribution in [-0.2, 0) is 9.59 Å². The molecule has 2 aromatic rings. The fourth-order valence-corrected chi connectivity index (χ4v) is 2.21. The Bertz CT molecular complexity index is 740. The first-order valence-corrected chi connectivity index (χ1v) is 9.12. The van der Waals surface area contributed by atoms with Gasteiger partial charge in [0, 0.05) is 23.5 Å². The van der Waals surface area contributed by atoms with E-state index >= 15 is 0 Å². The lowest BCUT2D eigenvalue weighted by Gasteiger charge is -2.11. The van der Waals surface area contributed by atoms with Gasteiger partial charge in [0.25, 0.3) is 0 Å². The van der Waals surface area contributed by atoms with Crippen LogP contribution in [0, 0.1) is 5.92 Å². The van der Waals surface area contributed by atoms with E-state index < -0.39 is 0 Å². The van der Waals surface area contributed by atoms with Gasteiger partial charge in [0.2, 0.25) is 11.8 Å². The smallest absolute Gasteiger partial charge is 0.243 e. The molecule has 0 fully saturated rings. The Labute approximate surface area is 160 Å². The summed E-state index contributed by atoms with van der Waals surface area (Å²) in [5, 5.41) is 8.65. The fourth-order valence-electron chi connectivity index (χ4n) is 2.21. The van der Waals surface area contributed by atoms with Crippen LogP contribution in [0.5, 0.6) is 5.75 Å². The van der Waals surface area contributed by atoms with Gasteiger partial charge in [0.1, 0.15) is 5.75 Å². The number of carbonyl (C=O) groups is 2. The van der Waals surface area contributed by atoms with E-state index in [0.717, 1.165) is 11.4 Å². The van der Waals surface area contributed by atoms with E-state index in [-0.39, 0.29) is 18.4 Å². The van der Waals surface area contributed by atoms with Crippen LogP contribution in [-0.4, -0.2) is 25.0 Å². The predicted molar refractivity (Wildman–Crippen MR) is 109 cm³/mol. The molecule has 0 atom stereocenters. The van der Waals surface area contributed by atoms with Crippen LogP contribution < -0.4 is 20.7 Å². The second-order valence-corrected chi connectivity index (χ2v) is 6.61. The minimum Gasteiger partial charge on any atom is -0.493 e. The first-order valence-electron chi connectivity index (χ1n) is 9.12. The number of ether oxygens (including phenoxy) is 1. The van der Waals surface area contributed by atoms with Crippen molar-refractivity contribution in [2.45, 2.75) is 27.2 Å².